The molecule has 2 aliphatic heterocycles. The fourth-order valence-electron chi connectivity index (χ4n) is 5.44. The van der Waals surface area contributed by atoms with E-state index in [-0.39, 0.29) is 70.4 Å². The minimum absolute atomic E-state index is 0. The summed E-state index contributed by atoms with van der Waals surface area (Å²) in [5, 5.41) is 34.7. The Labute approximate surface area is 276 Å². The van der Waals surface area contributed by atoms with Crippen LogP contribution < -0.4 is 0 Å². The molecule has 0 bridgehead atoms. The molecule has 1 atom stereocenters. The second-order valence-electron chi connectivity index (χ2n) is 9.57. The molecule has 1 amide bonds. The SMILES string of the molecule is CCCCc1nc2c(n1Cc1ccc(-c3ccccc3-c3nnn[nH]3)cc1)C1C(O)=C(C#N)C(=O)N1CC2.[NaH].[NaH]. The van der Waals surface area contributed by atoms with Gasteiger partial charge < -0.3 is 14.6 Å². The van der Waals surface area contributed by atoms with Crippen LogP contribution in [0.2, 0.25) is 0 Å². The number of aliphatic hydroxyl groups excluding tert-OH is 1. The normalized spacial score (nSPS) is 15.7. The first-order chi connectivity index (χ1) is 18.6. The van der Waals surface area contributed by atoms with E-state index in [2.05, 4.69) is 56.4 Å². The third-order valence-electron chi connectivity index (χ3n) is 7.31. The Bertz CT molecular complexity index is 1590. The monoisotopic (exact) mass is 554 g/mol. The van der Waals surface area contributed by atoms with Crippen LogP contribution in [0, 0.1) is 11.3 Å². The van der Waals surface area contributed by atoms with Crippen molar-refractivity contribution in [2.75, 3.05) is 6.54 Å². The Balaban J connectivity index is 0.00000185. The van der Waals surface area contributed by atoms with Crippen molar-refractivity contribution >= 4 is 65.0 Å². The van der Waals surface area contributed by atoms with Gasteiger partial charge in [0, 0.05) is 31.5 Å². The minimum atomic E-state index is -0.662. The molecule has 0 spiro atoms. The molecule has 2 aromatic carbocycles. The van der Waals surface area contributed by atoms with Crippen molar-refractivity contribution in [3.63, 3.8) is 0 Å². The Morgan fingerprint density at radius 1 is 1.12 bits per heavy atom. The summed E-state index contributed by atoms with van der Waals surface area (Å²) in [6, 6.07) is 17.5. The van der Waals surface area contributed by atoms with Gasteiger partial charge in [0.2, 0.25) is 0 Å². The van der Waals surface area contributed by atoms with E-state index in [0.29, 0.717) is 25.3 Å². The molecule has 6 rings (SSSR count). The fourth-order valence-corrected chi connectivity index (χ4v) is 5.44. The predicted molar refractivity (Wildman–Crippen MR) is 153 cm³/mol. The Kier molecular flexibility index (Phi) is 9.67. The van der Waals surface area contributed by atoms with E-state index in [0.717, 1.165) is 58.7 Å². The van der Waals surface area contributed by atoms with Crippen LogP contribution in [0.25, 0.3) is 22.5 Å². The van der Waals surface area contributed by atoms with Gasteiger partial charge in [0.15, 0.2) is 11.4 Å². The number of carbonyl (C=O) groups is 1. The topological polar surface area (TPSA) is 137 Å². The number of nitrogens with one attached hydrogen (secondary N) is 1. The summed E-state index contributed by atoms with van der Waals surface area (Å²) in [4.78, 5) is 19.3. The van der Waals surface area contributed by atoms with Crippen molar-refractivity contribution < 1.29 is 9.90 Å². The number of amides is 1. The third kappa shape index (κ3) is 5.30. The first kappa shape index (κ1) is 30.2. The second kappa shape index (κ2) is 12.8. The van der Waals surface area contributed by atoms with Crippen molar-refractivity contribution in [1.82, 2.24) is 35.1 Å². The van der Waals surface area contributed by atoms with Gasteiger partial charge in [0.05, 0.1) is 11.4 Å². The molecular formula is C28H28N8Na2O2. The zero-order chi connectivity index (χ0) is 26.2. The zero-order valence-electron chi connectivity index (χ0n) is 20.9. The molecule has 194 valence electrons. The molecule has 40 heavy (non-hydrogen) atoms. The number of nitriles is 1. The molecule has 10 nitrogen and oxygen atoms in total. The molecule has 0 aliphatic carbocycles. The number of H-pyrrole nitrogens is 1. The van der Waals surface area contributed by atoms with Crippen LogP contribution in [-0.2, 0) is 24.2 Å². The zero-order valence-corrected chi connectivity index (χ0v) is 20.9. The van der Waals surface area contributed by atoms with Gasteiger partial charge in [-0.05, 0) is 33.5 Å². The number of aromatic nitrogens is 6. The van der Waals surface area contributed by atoms with Crippen molar-refractivity contribution in [1.29, 1.82) is 5.26 Å². The molecule has 2 N–H and O–H groups in total. The number of rotatable bonds is 7. The number of unbranched alkanes of at least 4 members (excludes halogenated alkanes) is 1. The molecule has 2 aromatic heterocycles. The van der Waals surface area contributed by atoms with Crippen LogP contribution in [0.4, 0.5) is 0 Å². The van der Waals surface area contributed by atoms with Gasteiger partial charge in [-0.15, -0.1) is 5.10 Å². The van der Waals surface area contributed by atoms with E-state index in [1.54, 1.807) is 4.90 Å². The number of tetrazole rings is 1. The van der Waals surface area contributed by atoms with E-state index < -0.39 is 11.9 Å². The summed E-state index contributed by atoms with van der Waals surface area (Å²) in [5.41, 5.74) is 5.56. The van der Waals surface area contributed by atoms with Crippen LogP contribution in [0.15, 0.2) is 59.9 Å². The summed E-state index contributed by atoms with van der Waals surface area (Å²) in [6.07, 6.45) is 3.42. The number of benzene rings is 2. The van der Waals surface area contributed by atoms with Gasteiger partial charge in [-0.25, -0.2) is 10.1 Å². The number of imidazole rings is 1. The Morgan fingerprint density at radius 2 is 1.88 bits per heavy atom. The van der Waals surface area contributed by atoms with Crippen LogP contribution in [0.3, 0.4) is 0 Å². The van der Waals surface area contributed by atoms with Crippen LogP contribution in [-0.4, -0.2) is 112 Å². The van der Waals surface area contributed by atoms with E-state index in [1.807, 2.05) is 30.3 Å². The number of hydrogen-bond acceptors (Lipinski definition) is 7. The quantitative estimate of drug-likeness (QED) is 0.335. The van der Waals surface area contributed by atoms with Crippen molar-refractivity contribution in [3.8, 4) is 28.6 Å². The van der Waals surface area contributed by atoms with Gasteiger partial charge in [0.1, 0.15) is 23.7 Å². The number of carbonyl (C=O) groups excluding carboxylic acids is 1. The number of aromatic amines is 1. The Hall–Kier alpha value is -2.78. The molecule has 0 fully saturated rings. The van der Waals surface area contributed by atoms with Gasteiger partial charge in [-0.1, -0.05) is 61.9 Å². The van der Waals surface area contributed by atoms with Crippen LogP contribution >= 0.6 is 0 Å². The van der Waals surface area contributed by atoms with Gasteiger partial charge in [-0.3, -0.25) is 4.79 Å². The summed E-state index contributed by atoms with van der Waals surface area (Å²) in [7, 11) is 0. The predicted octanol–water partition coefficient (Wildman–Crippen LogP) is 2.60. The third-order valence-corrected chi connectivity index (χ3v) is 7.31. The maximum atomic E-state index is 12.8. The van der Waals surface area contributed by atoms with Crippen molar-refractivity contribution in [2.24, 2.45) is 0 Å². The standard InChI is InChI=1S/C28H26N8O2.2Na.2H/c1-2-3-8-23-30-22-13-14-35-25(26(37)21(15-29)28(35)38)24(22)36(23)16-17-9-11-18(12-10-17)19-6-4-5-7-20(19)27-31-33-34-32-27;;;;/h4-7,9-12,25,37H,2-3,8,13-14,16H2,1H3,(H,31,32,33,34);;;;. The van der Waals surface area contributed by atoms with Gasteiger partial charge in [0.25, 0.3) is 5.91 Å². The second-order valence-corrected chi connectivity index (χ2v) is 9.57. The van der Waals surface area contributed by atoms with Gasteiger partial charge in [-0.2, -0.15) is 5.26 Å². The first-order valence-electron chi connectivity index (χ1n) is 12.8. The molecule has 1 unspecified atom stereocenters. The first-order valence-corrected chi connectivity index (χ1v) is 12.8. The summed E-state index contributed by atoms with van der Waals surface area (Å²) >= 11 is 0. The molecule has 12 heteroatoms. The van der Waals surface area contributed by atoms with E-state index in [9.17, 15) is 15.2 Å². The molecule has 4 aromatic rings. The summed E-state index contributed by atoms with van der Waals surface area (Å²) in [5.74, 6) is 0.969. The van der Waals surface area contributed by atoms with Gasteiger partial charge >= 0.3 is 59.1 Å². The van der Waals surface area contributed by atoms with Crippen LogP contribution in [0.5, 0.6) is 0 Å². The van der Waals surface area contributed by atoms with Crippen molar-refractivity contribution in [2.45, 2.75) is 45.2 Å². The fraction of sp³-hybridized carbons (Fsp3) is 0.286. The Morgan fingerprint density at radius 3 is 2.55 bits per heavy atom. The number of aliphatic hydroxyl groups is 1. The molecule has 0 saturated carbocycles. The number of aryl methyl sites for hydroxylation is 1. The average molecular weight is 555 g/mol. The van der Waals surface area contributed by atoms with Crippen LogP contribution in [0.1, 0.15) is 48.6 Å². The van der Waals surface area contributed by atoms with E-state index in [1.165, 1.54) is 0 Å². The maximum absolute atomic E-state index is 12.8. The average Bonchev–Trinajstić information content (AvgIpc) is 3.66. The summed E-state index contributed by atoms with van der Waals surface area (Å²) < 4.78 is 2.13. The van der Waals surface area contributed by atoms with Crippen molar-refractivity contribution in [3.05, 3.63) is 82.6 Å². The number of fused-ring (bicyclic) bond motifs is 3. The molecule has 4 heterocycles. The molecule has 0 saturated heterocycles. The number of hydrogen-bond donors (Lipinski definition) is 2. The molecular weight excluding hydrogens is 526 g/mol. The molecule has 0 radical (unpaired) electrons. The summed E-state index contributed by atoms with van der Waals surface area (Å²) in [6.45, 7) is 3.12. The van der Waals surface area contributed by atoms with E-state index in [4.69, 9.17) is 4.98 Å². The molecule has 2 aliphatic rings. The van der Waals surface area contributed by atoms with E-state index >= 15 is 0 Å². The number of nitrogens with zero attached hydrogens (tertiary/aromatic N) is 7.